The first-order valence-corrected chi connectivity index (χ1v) is 7.72. The van der Waals surface area contributed by atoms with Gasteiger partial charge >= 0.3 is 0 Å². The first-order valence-electron chi connectivity index (χ1n) is 7.72. The summed E-state index contributed by atoms with van der Waals surface area (Å²) in [6.07, 6.45) is 9.10. The SMILES string of the molecule is CCCCCCCC[C@H]1OC[C@@H](c2ccccc2)O1. The average molecular weight is 262 g/mol. The lowest BCUT2D eigenvalue weighted by molar-refractivity contribution is -0.0637. The highest BCUT2D eigenvalue weighted by molar-refractivity contribution is 5.18. The largest absolute Gasteiger partial charge is 0.350 e. The number of hydrogen-bond donors (Lipinski definition) is 0. The van der Waals surface area contributed by atoms with E-state index in [0.29, 0.717) is 6.61 Å². The van der Waals surface area contributed by atoms with Crippen molar-refractivity contribution in [3.05, 3.63) is 35.9 Å². The van der Waals surface area contributed by atoms with Gasteiger partial charge in [-0.15, -0.1) is 0 Å². The van der Waals surface area contributed by atoms with Gasteiger partial charge in [-0.25, -0.2) is 0 Å². The third kappa shape index (κ3) is 4.96. The standard InChI is InChI=1S/C17H26O2/c1-2-3-4-5-6-10-13-17-18-14-16(19-17)15-11-8-7-9-12-15/h7-9,11-12,16-17H,2-6,10,13-14H2,1H3/t16-,17-/m0/s1. The summed E-state index contributed by atoms with van der Waals surface area (Å²) in [5.41, 5.74) is 1.23. The molecular weight excluding hydrogens is 236 g/mol. The van der Waals surface area contributed by atoms with Gasteiger partial charge in [0, 0.05) is 0 Å². The third-order valence-corrected chi connectivity index (χ3v) is 3.71. The van der Waals surface area contributed by atoms with E-state index in [1.54, 1.807) is 0 Å². The molecule has 1 saturated heterocycles. The Morgan fingerprint density at radius 3 is 2.53 bits per heavy atom. The van der Waals surface area contributed by atoms with Crippen LogP contribution in [0.4, 0.5) is 0 Å². The monoisotopic (exact) mass is 262 g/mol. The van der Waals surface area contributed by atoms with E-state index in [1.807, 2.05) is 6.07 Å². The quantitative estimate of drug-likeness (QED) is 0.623. The first-order chi connectivity index (χ1) is 9.40. The maximum atomic E-state index is 5.95. The molecule has 1 aromatic rings. The molecule has 2 atom stereocenters. The molecule has 0 aliphatic carbocycles. The van der Waals surface area contributed by atoms with Crippen LogP contribution in [-0.4, -0.2) is 12.9 Å². The summed E-state index contributed by atoms with van der Waals surface area (Å²) >= 11 is 0. The average Bonchev–Trinajstić information content (AvgIpc) is 2.92. The Morgan fingerprint density at radius 2 is 1.74 bits per heavy atom. The normalized spacial score (nSPS) is 22.8. The van der Waals surface area contributed by atoms with E-state index in [-0.39, 0.29) is 12.4 Å². The second-order valence-electron chi connectivity index (χ2n) is 5.35. The van der Waals surface area contributed by atoms with E-state index in [9.17, 15) is 0 Å². The molecule has 1 aliphatic rings. The number of ether oxygens (including phenoxy) is 2. The van der Waals surface area contributed by atoms with Crippen molar-refractivity contribution in [2.45, 2.75) is 64.3 Å². The predicted octanol–water partition coefficient (Wildman–Crippen LogP) is 4.85. The molecule has 1 fully saturated rings. The van der Waals surface area contributed by atoms with Crippen LogP contribution in [-0.2, 0) is 9.47 Å². The van der Waals surface area contributed by atoms with Crippen LogP contribution in [0.1, 0.15) is 63.5 Å². The molecule has 0 N–H and O–H groups in total. The minimum atomic E-state index is 0.0105. The zero-order valence-electron chi connectivity index (χ0n) is 12.0. The molecule has 0 saturated carbocycles. The molecule has 1 heterocycles. The van der Waals surface area contributed by atoms with Gasteiger partial charge in [-0.3, -0.25) is 0 Å². The fourth-order valence-electron chi connectivity index (χ4n) is 2.54. The van der Waals surface area contributed by atoms with Crippen LogP contribution < -0.4 is 0 Å². The fourth-order valence-corrected chi connectivity index (χ4v) is 2.54. The Bertz CT molecular complexity index is 336. The molecule has 2 nitrogen and oxygen atoms in total. The van der Waals surface area contributed by atoms with E-state index in [2.05, 4.69) is 31.2 Å². The second kappa shape index (κ2) is 8.34. The van der Waals surface area contributed by atoms with Crippen LogP contribution in [0, 0.1) is 0 Å². The molecule has 0 radical (unpaired) electrons. The summed E-state index contributed by atoms with van der Waals surface area (Å²) in [7, 11) is 0. The fraction of sp³-hybridized carbons (Fsp3) is 0.647. The van der Waals surface area contributed by atoms with Crippen LogP contribution >= 0.6 is 0 Å². The molecule has 0 spiro atoms. The lowest BCUT2D eigenvalue weighted by atomic mass is 10.1. The van der Waals surface area contributed by atoms with Gasteiger partial charge in [-0.05, 0) is 18.4 Å². The molecule has 1 aliphatic heterocycles. The van der Waals surface area contributed by atoms with Crippen molar-refractivity contribution in [1.29, 1.82) is 0 Å². The number of hydrogen-bond acceptors (Lipinski definition) is 2. The minimum absolute atomic E-state index is 0.0105. The van der Waals surface area contributed by atoms with Crippen LogP contribution in [0.3, 0.4) is 0 Å². The van der Waals surface area contributed by atoms with Gasteiger partial charge in [0.05, 0.1) is 6.61 Å². The maximum Gasteiger partial charge on any atom is 0.158 e. The molecule has 0 unspecified atom stereocenters. The summed E-state index contributed by atoms with van der Waals surface area (Å²) in [5, 5.41) is 0. The zero-order valence-corrected chi connectivity index (χ0v) is 12.0. The Kier molecular flexibility index (Phi) is 6.38. The van der Waals surface area contributed by atoms with Crippen molar-refractivity contribution in [1.82, 2.24) is 0 Å². The molecule has 0 aromatic heterocycles. The highest BCUT2D eigenvalue weighted by atomic mass is 16.7. The van der Waals surface area contributed by atoms with E-state index < -0.39 is 0 Å². The van der Waals surface area contributed by atoms with Crippen molar-refractivity contribution < 1.29 is 9.47 Å². The molecule has 1 aromatic carbocycles. The topological polar surface area (TPSA) is 18.5 Å². The van der Waals surface area contributed by atoms with E-state index in [0.717, 1.165) is 6.42 Å². The summed E-state index contributed by atoms with van der Waals surface area (Å²) in [6, 6.07) is 10.4. The van der Waals surface area contributed by atoms with E-state index in [4.69, 9.17) is 9.47 Å². The summed E-state index contributed by atoms with van der Waals surface area (Å²) in [6.45, 7) is 2.95. The third-order valence-electron chi connectivity index (χ3n) is 3.71. The van der Waals surface area contributed by atoms with Crippen molar-refractivity contribution in [2.24, 2.45) is 0 Å². The summed E-state index contributed by atoms with van der Waals surface area (Å²) in [4.78, 5) is 0. The Balaban J connectivity index is 1.60. The van der Waals surface area contributed by atoms with Gasteiger partial charge in [0.2, 0.25) is 0 Å². The molecule has 0 bridgehead atoms. The van der Waals surface area contributed by atoms with Crippen molar-refractivity contribution >= 4 is 0 Å². The van der Waals surface area contributed by atoms with Crippen LogP contribution in [0.2, 0.25) is 0 Å². The predicted molar refractivity (Wildman–Crippen MR) is 78.0 cm³/mol. The van der Waals surface area contributed by atoms with Crippen LogP contribution in [0.15, 0.2) is 30.3 Å². The highest BCUT2D eigenvalue weighted by Gasteiger charge is 2.26. The summed E-state index contributed by atoms with van der Waals surface area (Å²) in [5.74, 6) is 0. The Hall–Kier alpha value is -0.860. The highest BCUT2D eigenvalue weighted by Crippen LogP contribution is 2.28. The van der Waals surface area contributed by atoms with Gasteiger partial charge in [-0.1, -0.05) is 69.4 Å². The van der Waals surface area contributed by atoms with Crippen molar-refractivity contribution in [3.63, 3.8) is 0 Å². The Labute approximate surface area is 117 Å². The van der Waals surface area contributed by atoms with E-state index in [1.165, 1.54) is 44.1 Å². The van der Waals surface area contributed by atoms with Crippen LogP contribution in [0.25, 0.3) is 0 Å². The molecule has 19 heavy (non-hydrogen) atoms. The van der Waals surface area contributed by atoms with E-state index >= 15 is 0 Å². The number of rotatable bonds is 8. The summed E-state index contributed by atoms with van der Waals surface area (Å²) < 4.78 is 11.7. The first kappa shape index (κ1) is 14.5. The van der Waals surface area contributed by atoms with Crippen molar-refractivity contribution in [3.8, 4) is 0 Å². The molecular formula is C17H26O2. The van der Waals surface area contributed by atoms with Gasteiger partial charge in [0.1, 0.15) is 6.10 Å². The molecule has 2 rings (SSSR count). The van der Waals surface area contributed by atoms with Gasteiger partial charge in [0.25, 0.3) is 0 Å². The Morgan fingerprint density at radius 1 is 1.00 bits per heavy atom. The van der Waals surface area contributed by atoms with Gasteiger partial charge in [-0.2, -0.15) is 0 Å². The molecule has 106 valence electrons. The second-order valence-corrected chi connectivity index (χ2v) is 5.35. The smallest absolute Gasteiger partial charge is 0.158 e. The van der Waals surface area contributed by atoms with Gasteiger partial charge in [0.15, 0.2) is 6.29 Å². The molecule has 0 amide bonds. The maximum absolute atomic E-state index is 5.95. The number of benzene rings is 1. The molecule has 2 heteroatoms. The number of unbranched alkanes of at least 4 members (excludes halogenated alkanes) is 5. The van der Waals surface area contributed by atoms with Gasteiger partial charge < -0.3 is 9.47 Å². The minimum Gasteiger partial charge on any atom is -0.350 e. The zero-order chi connectivity index (χ0) is 13.3. The lowest BCUT2D eigenvalue weighted by Gasteiger charge is -2.11. The van der Waals surface area contributed by atoms with Crippen molar-refractivity contribution in [2.75, 3.05) is 6.61 Å². The van der Waals surface area contributed by atoms with Crippen LogP contribution in [0.5, 0.6) is 0 Å². The lowest BCUT2D eigenvalue weighted by Crippen LogP contribution is -2.07.